The van der Waals surface area contributed by atoms with E-state index in [1.54, 1.807) is 30.3 Å². The first-order valence-electron chi connectivity index (χ1n) is 9.09. The van der Waals surface area contributed by atoms with Gasteiger partial charge in [-0.15, -0.1) is 15.0 Å². The van der Waals surface area contributed by atoms with Crippen LogP contribution in [0.15, 0.2) is 36.4 Å². The topological polar surface area (TPSA) is 60.2 Å². The Morgan fingerprint density at radius 1 is 1.12 bits per heavy atom. The molecule has 0 aliphatic heterocycles. The summed E-state index contributed by atoms with van der Waals surface area (Å²) in [7, 11) is 0. The van der Waals surface area contributed by atoms with Crippen molar-refractivity contribution in [2.24, 2.45) is 5.92 Å². The van der Waals surface area contributed by atoms with E-state index in [2.05, 4.69) is 24.0 Å². The fourth-order valence-corrected chi connectivity index (χ4v) is 3.04. The molecule has 2 aromatic carbocycles. The lowest BCUT2D eigenvalue weighted by atomic mass is 10.0. The molecule has 0 bridgehead atoms. The number of benzene rings is 2. The number of phenolic OH excluding ortho intramolecular Hbond substituents is 1. The van der Waals surface area contributed by atoms with Crippen LogP contribution >= 0.6 is 11.6 Å². The van der Waals surface area contributed by atoms with Crippen molar-refractivity contribution in [2.75, 3.05) is 6.61 Å². The van der Waals surface area contributed by atoms with Gasteiger partial charge in [-0.05, 0) is 42.7 Å². The van der Waals surface area contributed by atoms with Crippen LogP contribution in [0.3, 0.4) is 0 Å². The maximum atomic E-state index is 10.4. The van der Waals surface area contributed by atoms with Crippen LogP contribution in [-0.2, 0) is 0 Å². The van der Waals surface area contributed by atoms with E-state index in [9.17, 15) is 5.11 Å². The van der Waals surface area contributed by atoms with Gasteiger partial charge in [-0.3, -0.25) is 0 Å². The van der Waals surface area contributed by atoms with Crippen LogP contribution in [0.1, 0.15) is 39.5 Å². The molecule has 3 aromatic rings. The zero-order valence-electron chi connectivity index (χ0n) is 15.2. The van der Waals surface area contributed by atoms with Crippen LogP contribution < -0.4 is 4.74 Å². The molecule has 0 radical (unpaired) electrons. The molecule has 0 aliphatic carbocycles. The summed E-state index contributed by atoms with van der Waals surface area (Å²) in [5.41, 5.74) is 1.90. The fraction of sp³-hybridized carbons (Fsp3) is 0.400. The van der Waals surface area contributed by atoms with Crippen LogP contribution in [0.25, 0.3) is 16.7 Å². The van der Waals surface area contributed by atoms with Crippen molar-refractivity contribution in [3.05, 3.63) is 41.4 Å². The first-order valence-corrected chi connectivity index (χ1v) is 9.47. The van der Waals surface area contributed by atoms with Crippen LogP contribution in [0.4, 0.5) is 0 Å². The zero-order valence-corrected chi connectivity index (χ0v) is 15.9. The third kappa shape index (κ3) is 4.28. The van der Waals surface area contributed by atoms with Gasteiger partial charge >= 0.3 is 0 Å². The first-order chi connectivity index (χ1) is 12.6. The fourth-order valence-electron chi connectivity index (χ4n) is 2.87. The monoisotopic (exact) mass is 373 g/mol. The standard InChI is InChI=1S/C20H24ClN3O2/c1-3-5-6-14(4-2)13-26-16-8-10-19(20(25)12-16)24-22-17-9-7-15(21)11-18(17)23-24/h7-12,14,25H,3-6,13H2,1-2H3/t14-/m0/s1. The minimum atomic E-state index is 0.0792. The number of rotatable bonds is 8. The van der Waals surface area contributed by atoms with E-state index < -0.39 is 0 Å². The Hall–Kier alpha value is -2.27. The normalized spacial score (nSPS) is 12.4. The van der Waals surface area contributed by atoms with E-state index in [0.717, 1.165) is 11.9 Å². The molecule has 0 spiro atoms. The molecular formula is C20H24ClN3O2. The number of unbranched alkanes of at least 4 members (excludes halogenated alkanes) is 1. The predicted octanol–water partition coefficient (Wildman–Crippen LogP) is 5.37. The molecule has 1 heterocycles. The Morgan fingerprint density at radius 3 is 2.65 bits per heavy atom. The van der Waals surface area contributed by atoms with Crippen molar-refractivity contribution >= 4 is 22.6 Å². The van der Waals surface area contributed by atoms with E-state index in [1.807, 2.05) is 6.07 Å². The number of halogens is 1. The molecule has 0 aliphatic rings. The predicted molar refractivity (Wildman–Crippen MR) is 104 cm³/mol. The summed E-state index contributed by atoms with van der Waals surface area (Å²) in [4.78, 5) is 1.41. The molecule has 6 heteroatoms. The van der Waals surface area contributed by atoms with Crippen LogP contribution in [0.2, 0.25) is 5.02 Å². The van der Waals surface area contributed by atoms with Crippen molar-refractivity contribution in [1.29, 1.82) is 0 Å². The summed E-state index contributed by atoms with van der Waals surface area (Å²) in [6.07, 6.45) is 4.68. The summed E-state index contributed by atoms with van der Waals surface area (Å²) < 4.78 is 5.87. The van der Waals surface area contributed by atoms with Gasteiger partial charge in [0.25, 0.3) is 0 Å². The number of phenols is 1. The SMILES string of the molecule is CCCC[C@H](CC)COc1ccc(-n2nc3ccc(Cl)cc3n2)c(O)c1. The molecule has 1 atom stereocenters. The Morgan fingerprint density at radius 2 is 1.92 bits per heavy atom. The van der Waals surface area contributed by atoms with E-state index >= 15 is 0 Å². The molecule has 0 saturated heterocycles. The lowest BCUT2D eigenvalue weighted by Crippen LogP contribution is -2.11. The van der Waals surface area contributed by atoms with Crippen molar-refractivity contribution in [2.45, 2.75) is 39.5 Å². The second kappa shape index (κ2) is 8.41. The highest BCUT2D eigenvalue weighted by Crippen LogP contribution is 2.28. The number of ether oxygens (including phenoxy) is 1. The van der Waals surface area contributed by atoms with Crippen LogP contribution in [-0.4, -0.2) is 26.7 Å². The molecule has 1 aromatic heterocycles. The smallest absolute Gasteiger partial charge is 0.146 e. The van der Waals surface area contributed by atoms with Crippen LogP contribution in [0, 0.1) is 5.92 Å². The van der Waals surface area contributed by atoms with Crippen molar-refractivity contribution in [1.82, 2.24) is 15.0 Å². The Bertz CT molecular complexity index is 879. The number of hydrogen-bond donors (Lipinski definition) is 1. The summed E-state index contributed by atoms with van der Waals surface area (Å²) in [5.74, 6) is 1.27. The lowest BCUT2D eigenvalue weighted by molar-refractivity contribution is 0.232. The minimum Gasteiger partial charge on any atom is -0.505 e. The average Bonchev–Trinajstić information content (AvgIpc) is 3.04. The van der Waals surface area contributed by atoms with Gasteiger partial charge in [-0.1, -0.05) is 44.7 Å². The molecule has 0 amide bonds. The second-order valence-corrected chi connectivity index (χ2v) is 6.94. The van der Waals surface area contributed by atoms with E-state index in [-0.39, 0.29) is 5.75 Å². The van der Waals surface area contributed by atoms with Gasteiger partial charge < -0.3 is 9.84 Å². The summed E-state index contributed by atoms with van der Waals surface area (Å²) in [5, 5.41) is 19.7. The third-order valence-electron chi connectivity index (χ3n) is 4.53. The van der Waals surface area contributed by atoms with Gasteiger partial charge in [-0.2, -0.15) is 0 Å². The van der Waals surface area contributed by atoms with Gasteiger partial charge in [0.2, 0.25) is 0 Å². The number of aromatic hydroxyl groups is 1. The van der Waals surface area contributed by atoms with Crippen LogP contribution in [0.5, 0.6) is 11.5 Å². The number of nitrogens with zero attached hydrogens (tertiary/aromatic N) is 3. The van der Waals surface area contributed by atoms with Gasteiger partial charge in [0.1, 0.15) is 28.2 Å². The average molecular weight is 374 g/mol. The highest BCUT2D eigenvalue weighted by molar-refractivity contribution is 6.31. The molecule has 0 fully saturated rings. The first kappa shape index (κ1) is 18.5. The molecule has 26 heavy (non-hydrogen) atoms. The molecular weight excluding hydrogens is 350 g/mol. The summed E-state index contributed by atoms with van der Waals surface area (Å²) in [6, 6.07) is 10.5. The maximum Gasteiger partial charge on any atom is 0.146 e. The Balaban J connectivity index is 1.74. The zero-order chi connectivity index (χ0) is 18.5. The second-order valence-electron chi connectivity index (χ2n) is 6.50. The Labute approximate surface area is 158 Å². The summed E-state index contributed by atoms with van der Waals surface area (Å²) in [6.45, 7) is 5.05. The van der Waals surface area contributed by atoms with Gasteiger partial charge in [-0.25, -0.2) is 0 Å². The molecule has 138 valence electrons. The maximum absolute atomic E-state index is 10.4. The highest BCUT2D eigenvalue weighted by atomic mass is 35.5. The van der Waals surface area contributed by atoms with Crippen molar-refractivity contribution in [3.8, 4) is 17.2 Å². The van der Waals surface area contributed by atoms with E-state index in [1.165, 1.54) is 24.1 Å². The molecule has 0 saturated carbocycles. The number of aromatic nitrogens is 3. The summed E-state index contributed by atoms with van der Waals surface area (Å²) >= 11 is 5.99. The molecule has 5 nitrogen and oxygen atoms in total. The molecule has 3 rings (SSSR count). The number of hydrogen-bond acceptors (Lipinski definition) is 4. The van der Waals surface area contributed by atoms with Gasteiger partial charge in [0.05, 0.1) is 6.61 Å². The van der Waals surface area contributed by atoms with E-state index in [0.29, 0.717) is 34.5 Å². The third-order valence-corrected chi connectivity index (χ3v) is 4.77. The van der Waals surface area contributed by atoms with Crippen molar-refractivity contribution in [3.63, 3.8) is 0 Å². The quantitative estimate of drug-likeness (QED) is 0.576. The Kier molecular flexibility index (Phi) is 5.99. The minimum absolute atomic E-state index is 0.0792. The van der Waals surface area contributed by atoms with Crippen molar-refractivity contribution < 1.29 is 9.84 Å². The van der Waals surface area contributed by atoms with Gasteiger partial charge in [0, 0.05) is 11.1 Å². The van der Waals surface area contributed by atoms with E-state index in [4.69, 9.17) is 16.3 Å². The molecule has 1 N–H and O–H groups in total. The largest absolute Gasteiger partial charge is 0.505 e. The number of fused-ring (bicyclic) bond motifs is 1. The lowest BCUT2D eigenvalue weighted by Gasteiger charge is -2.16. The van der Waals surface area contributed by atoms with Gasteiger partial charge in [0.15, 0.2) is 0 Å². The molecule has 0 unspecified atom stereocenters. The highest BCUT2D eigenvalue weighted by Gasteiger charge is 2.12.